The lowest BCUT2D eigenvalue weighted by molar-refractivity contribution is -0.151. The van der Waals surface area contributed by atoms with E-state index in [0.717, 1.165) is 4.90 Å². The Balaban J connectivity index is 4.74. The lowest BCUT2D eigenvalue weighted by atomic mass is 10.1. The molecule has 0 saturated carbocycles. The molecule has 0 aromatic carbocycles. The molecule has 0 aromatic heterocycles. The van der Waals surface area contributed by atoms with Gasteiger partial charge in [0.05, 0.1) is 6.42 Å². The summed E-state index contributed by atoms with van der Waals surface area (Å²) in [6.45, 7) is 3.42. The van der Waals surface area contributed by atoms with E-state index in [9.17, 15) is 14.4 Å². The highest BCUT2D eigenvalue weighted by Crippen LogP contribution is 2.09. The minimum absolute atomic E-state index is 0.0566. The smallest absolute Gasteiger partial charge is 0.326 e. The molecule has 6 heteroatoms. The third kappa shape index (κ3) is 5.33. The Morgan fingerprint density at radius 2 is 1.71 bits per heavy atom. The molecule has 0 radical (unpaired) electrons. The number of carboxylic acids is 2. The van der Waals surface area contributed by atoms with E-state index in [-0.39, 0.29) is 31.7 Å². The minimum atomic E-state index is -1.10. The van der Waals surface area contributed by atoms with Crippen molar-refractivity contribution in [1.29, 1.82) is 0 Å². The van der Waals surface area contributed by atoms with Gasteiger partial charge in [0.1, 0.15) is 6.04 Å². The number of rotatable bonds is 8. The van der Waals surface area contributed by atoms with E-state index in [2.05, 4.69) is 0 Å². The van der Waals surface area contributed by atoms with Crippen molar-refractivity contribution in [2.24, 2.45) is 0 Å². The van der Waals surface area contributed by atoms with Crippen LogP contribution < -0.4 is 0 Å². The maximum Gasteiger partial charge on any atom is 0.326 e. The van der Waals surface area contributed by atoms with Crippen LogP contribution in [-0.2, 0) is 14.4 Å². The van der Waals surface area contributed by atoms with E-state index < -0.39 is 18.0 Å². The lowest BCUT2D eigenvalue weighted by Gasteiger charge is -2.27. The first kappa shape index (κ1) is 15.4. The van der Waals surface area contributed by atoms with Gasteiger partial charge in [0.15, 0.2) is 0 Å². The standard InChI is InChI=1S/C11H19NO5/c1-3-5-9(13)12(7-6-10(14)15)8(4-2)11(16)17/h8H,3-7H2,1-2H3,(H,14,15)(H,16,17). The van der Waals surface area contributed by atoms with Gasteiger partial charge in [0.25, 0.3) is 0 Å². The lowest BCUT2D eigenvalue weighted by Crippen LogP contribution is -2.45. The summed E-state index contributed by atoms with van der Waals surface area (Å²) in [6.07, 6.45) is 0.880. The minimum Gasteiger partial charge on any atom is -0.481 e. The summed E-state index contributed by atoms with van der Waals surface area (Å²) in [7, 11) is 0. The van der Waals surface area contributed by atoms with Crippen LogP contribution >= 0.6 is 0 Å². The number of aliphatic carboxylic acids is 2. The van der Waals surface area contributed by atoms with E-state index in [0.29, 0.717) is 6.42 Å². The van der Waals surface area contributed by atoms with E-state index in [1.165, 1.54) is 0 Å². The predicted octanol–water partition coefficient (Wildman–Crippen LogP) is 0.953. The van der Waals surface area contributed by atoms with Gasteiger partial charge in [-0.2, -0.15) is 0 Å². The summed E-state index contributed by atoms with van der Waals surface area (Å²) in [6, 6.07) is -0.937. The summed E-state index contributed by atoms with van der Waals surface area (Å²) < 4.78 is 0. The Bertz CT molecular complexity index is 290. The SMILES string of the molecule is CCCC(=O)N(CCC(=O)O)C(CC)C(=O)O. The Labute approximate surface area is 100 Å². The first-order valence-electron chi connectivity index (χ1n) is 5.68. The zero-order valence-electron chi connectivity index (χ0n) is 10.2. The van der Waals surface area contributed by atoms with Crippen LogP contribution in [0, 0.1) is 0 Å². The number of carbonyl (C=O) groups excluding carboxylic acids is 1. The van der Waals surface area contributed by atoms with Crippen molar-refractivity contribution in [2.45, 2.75) is 45.6 Å². The molecule has 0 aliphatic heterocycles. The maximum atomic E-state index is 11.7. The van der Waals surface area contributed by atoms with Crippen LogP contribution in [0.5, 0.6) is 0 Å². The Kier molecular flexibility index (Phi) is 6.93. The van der Waals surface area contributed by atoms with Crippen LogP contribution in [0.25, 0.3) is 0 Å². The van der Waals surface area contributed by atoms with Gasteiger partial charge < -0.3 is 15.1 Å². The van der Waals surface area contributed by atoms with Gasteiger partial charge in [-0.1, -0.05) is 13.8 Å². The van der Waals surface area contributed by atoms with E-state index in [1.54, 1.807) is 6.92 Å². The second-order valence-electron chi connectivity index (χ2n) is 3.74. The molecule has 0 bridgehead atoms. The van der Waals surface area contributed by atoms with Crippen LogP contribution in [0.15, 0.2) is 0 Å². The van der Waals surface area contributed by atoms with Gasteiger partial charge >= 0.3 is 11.9 Å². The van der Waals surface area contributed by atoms with Crippen LogP contribution in [0.1, 0.15) is 39.5 Å². The van der Waals surface area contributed by atoms with E-state index >= 15 is 0 Å². The fraction of sp³-hybridized carbons (Fsp3) is 0.727. The zero-order valence-corrected chi connectivity index (χ0v) is 10.2. The Morgan fingerprint density at radius 3 is 2.06 bits per heavy atom. The normalized spacial score (nSPS) is 11.9. The monoisotopic (exact) mass is 245 g/mol. The molecule has 17 heavy (non-hydrogen) atoms. The van der Waals surface area contributed by atoms with Crippen molar-refractivity contribution in [3.8, 4) is 0 Å². The molecule has 1 unspecified atom stereocenters. The molecule has 98 valence electrons. The molecule has 0 rings (SSSR count). The number of carboxylic acid groups (broad SMARTS) is 2. The van der Waals surface area contributed by atoms with Gasteiger partial charge in [-0.3, -0.25) is 9.59 Å². The van der Waals surface area contributed by atoms with Gasteiger partial charge in [-0.15, -0.1) is 0 Å². The third-order valence-corrected chi connectivity index (χ3v) is 2.40. The summed E-state index contributed by atoms with van der Waals surface area (Å²) in [5.74, 6) is -2.44. The molecule has 1 amide bonds. The molecular weight excluding hydrogens is 226 g/mol. The molecule has 0 aromatic rings. The van der Waals surface area contributed by atoms with Crippen LogP contribution in [0.2, 0.25) is 0 Å². The molecule has 0 fully saturated rings. The molecule has 6 nitrogen and oxygen atoms in total. The van der Waals surface area contributed by atoms with Crippen molar-refractivity contribution in [2.75, 3.05) is 6.54 Å². The Hall–Kier alpha value is -1.59. The van der Waals surface area contributed by atoms with Crippen molar-refractivity contribution >= 4 is 17.8 Å². The Morgan fingerprint density at radius 1 is 1.12 bits per heavy atom. The van der Waals surface area contributed by atoms with Crippen LogP contribution in [-0.4, -0.2) is 45.5 Å². The highest BCUT2D eigenvalue weighted by Gasteiger charge is 2.27. The third-order valence-electron chi connectivity index (χ3n) is 2.40. The van der Waals surface area contributed by atoms with Gasteiger partial charge in [-0.05, 0) is 12.8 Å². The van der Waals surface area contributed by atoms with Gasteiger partial charge in [0.2, 0.25) is 5.91 Å². The van der Waals surface area contributed by atoms with Crippen molar-refractivity contribution < 1.29 is 24.6 Å². The fourth-order valence-electron chi connectivity index (χ4n) is 1.56. The highest BCUT2D eigenvalue weighted by atomic mass is 16.4. The summed E-state index contributed by atoms with van der Waals surface area (Å²) >= 11 is 0. The average molecular weight is 245 g/mol. The zero-order chi connectivity index (χ0) is 13.4. The molecule has 0 aliphatic rings. The number of amides is 1. The maximum absolute atomic E-state index is 11.7. The first-order valence-corrected chi connectivity index (χ1v) is 5.68. The number of hydrogen-bond acceptors (Lipinski definition) is 3. The van der Waals surface area contributed by atoms with Crippen LogP contribution in [0.4, 0.5) is 0 Å². The second kappa shape index (κ2) is 7.65. The number of hydrogen-bond donors (Lipinski definition) is 2. The number of nitrogens with zero attached hydrogens (tertiary/aromatic N) is 1. The first-order chi connectivity index (χ1) is 7.93. The highest BCUT2D eigenvalue weighted by molar-refractivity contribution is 5.84. The largest absolute Gasteiger partial charge is 0.481 e. The van der Waals surface area contributed by atoms with Crippen molar-refractivity contribution in [3.05, 3.63) is 0 Å². The van der Waals surface area contributed by atoms with Crippen molar-refractivity contribution in [1.82, 2.24) is 4.90 Å². The van der Waals surface area contributed by atoms with Gasteiger partial charge in [-0.25, -0.2) is 4.79 Å². The van der Waals surface area contributed by atoms with E-state index in [1.807, 2.05) is 6.92 Å². The summed E-state index contributed by atoms with van der Waals surface area (Å²) in [5, 5.41) is 17.6. The van der Waals surface area contributed by atoms with Gasteiger partial charge in [0, 0.05) is 13.0 Å². The van der Waals surface area contributed by atoms with Crippen molar-refractivity contribution in [3.63, 3.8) is 0 Å². The molecular formula is C11H19NO5. The fourth-order valence-corrected chi connectivity index (χ4v) is 1.56. The molecule has 0 saturated heterocycles. The predicted molar refractivity (Wildman–Crippen MR) is 60.6 cm³/mol. The van der Waals surface area contributed by atoms with Crippen LogP contribution in [0.3, 0.4) is 0 Å². The second-order valence-corrected chi connectivity index (χ2v) is 3.74. The summed E-state index contributed by atoms with van der Waals surface area (Å²) in [4.78, 5) is 34.3. The molecule has 2 N–H and O–H groups in total. The molecule has 1 atom stereocenters. The number of carbonyl (C=O) groups is 3. The topological polar surface area (TPSA) is 94.9 Å². The summed E-state index contributed by atoms with van der Waals surface area (Å²) in [5.41, 5.74) is 0. The molecule has 0 aliphatic carbocycles. The molecule has 0 spiro atoms. The van der Waals surface area contributed by atoms with E-state index in [4.69, 9.17) is 10.2 Å². The molecule has 0 heterocycles. The average Bonchev–Trinajstić information content (AvgIpc) is 2.23. The quantitative estimate of drug-likeness (QED) is 0.664.